The normalized spacial score (nSPS) is 16.0. The second kappa shape index (κ2) is 7.82. The summed E-state index contributed by atoms with van der Waals surface area (Å²) >= 11 is 7.57. The Kier molecular flexibility index (Phi) is 5.22. The van der Waals surface area contributed by atoms with Gasteiger partial charge in [-0.15, -0.1) is 11.8 Å². The van der Waals surface area contributed by atoms with Crippen molar-refractivity contribution in [3.63, 3.8) is 0 Å². The summed E-state index contributed by atoms with van der Waals surface area (Å²) in [5.74, 6) is 0.533. The lowest BCUT2D eigenvalue weighted by molar-refractivity contribution is -0.119. The minimum atomic E-state index is -0.612. The van der Waals surface area contributed by atoms with Crippen LogP contribution in [0.4, 0.5) is 5.69 Å². The molecular formula is C21H16ClN3O3S. The number of nitrogens with zero attached hydrogens (tertiary/aromatic N) is 2. The predicted octanol–water partition coefficient (Wildman–Crippen LogP) is 4.42. The highest BCUT2D eigenvalue weighted by Gasteiger charge is 2.37. The molecule has 0 radical (unpaired) electrons. The van der Waals surface area contributed by atoms with Crippen molar-refractivity contribution in [1.29, 1.82) is 5.26 Å². The first-order valence-electron chi connectivity index (χ1n) is 8.86. The molecule has 1 unspecified atom stereocenters. The summed E-state index contributed by atoms with van der Waals surface area (Å²) in [4.78, 5) is 27.5. The van der Waals surface area contributed by atoms with Crippen LogP contribution in [0.15, 0.2) is 46.9 Å². The first-order valence-corrected chi connectivity index (χ1v) is 10.4. The zero-order valence-corrected chi connectivity index (χ0v) is 17.0. The largest absolute Gasteiger partial charge is 0.451 e. The highest BCUT2D eigenvalue weighted by Crippen LogP contribution is 2.31. The van der Waals surface area contributed by atoms with Crippen molar-refractivity contribution in [3.8, 4) is 6.07 Å². The zero-order chi connectivity index (χ0) is 20.5. The van der Waals surface area contributed by atoms with Gasteiger partial charge in [0.2, 0.25) is 5.91 Å². The Morgan fingerprint density at radius 1 is 1.28 bits per heavy atom. The van der Waals surface area contributed by atoms with Crippen molar-refractivity contribution < 1.29 is 14.0 Å². The van der Waals surface area contributed by atoms with Crippen LogP contribution in [0.5, 0.6) is 0 Å². The van der Waals surface area contributed by atoms with E-state index in [0.717, 1.165) is 5.39 Å². The minimum Gasteiger partial charge on any atom is -0.451 e. The number of amides is 2. The van der Waals surface area contributed by atoms with E-state index < -0.39 is 6.04 Å². The highest BCUT2D eigenvalue weighted by molar-refractivity contribution is 7.99. The summed E-state index contributed by atoms with van der Waals surface area (Å²) in [5.41, 5.74) is 2.38. The summed E-state index contributed by atoms with van der Waals surface area (Å²) < 4.78 is 5.78. The van der Waals surface area contributed by atoms with Crippen molar-refractivity contribution >= 4 is 51.8 Å². The molecule has 146 valence electrons. The van der Waals surface area contributed by atoms with Gasteiger partial charge in [0.15, 0.2) is 5.76 Å². The van der Waals surface area contributed by atoms with E-state index in [4.69, 9.17) is 21.3 Å². The first-order chi connectivity index (χ1) is 14.0. The number of carbonyl (C=O) groups is 2. The molecule has 0 bridgehead atoms. The number of anilines is 1. The number of nitriles is 1. The van der Waals surface area contributed by atoms with Crippen molar-refractivity contribution in [2.75, 3.05) is 16.9 Å². The first kappa shape index (κ1) is 19.4. The van der Waals surface area contributed by atoms with Crippen molar-refractivity contribution in [3.05, 3.63) is 64.4 Å². The number of aryl methyl sites for hydroxylation is 1. The molecule has 1 saturated heterocycles. The van der Waals surface area contributed by atoms with Crippen LogP contribution in [0, 0.1) is 18.3 Å². The third-order valence-electron chi connectivity index (χ3n) is 4.82. The molecule has 0 spiro atoms. The van der Waals surface area contributed by atoms with Crippen LogP contribution >= 0.6 is 23.4 Å². The van der Waals surface area contributed by atoms with E-state index in [2.05, 4.69) is 5.32 Å². The summed E-state index contributed by atoms with van der Waals surface area (Å²) in [7, 11) is 0. The van der Waals surface area contributed by atoms with E-state index in [9.17, 15) is 9.59 Å². The van der Waals surface area contributed by atoms with Crippen molar-refractivity contribution in [2.24, 2.45) is 0 Å². The van der Waals surface area contributed by atoms with Crippen LogP contribution in [0.2, 0.25) is 5.02 Å². The standard InChI is InChI=1S/C21H16ClN3O3S/c1-12-16-8-14(22)4-7-18(16)28-19(12)21(27)25-11-29-10-17(25)20(26)24-15-5-2-13(9-23)3-6-15/h2-8,17H,10-11H2,1H3,(H,24,26). The van der Waals surface area contributed by atoms with Gasteiger partial charge in [0.05, 0.1) is 17.5 Å². The molecule has 2 aromatic carbocycles. The Labute approximate surface area is 176 Å². The number of fused-ring (bicyclic) bond motifs is 1. The minimum absolute atomic E-state index is 0.223. The van der Waals surface area contributed by atoms with Gasteiger partial charge >= 0.3 is 0 Å². The van der Waals surface area contributed by atoms with E-state index in [1.54, 1.807) is 42.5 Å². The Morgan fingerprint density at radius 2 is 2.03 bits per heavy atom. The molecule has 2 heterocycles. The topological polar surface area (TPSA) is 86.3 Å². The molecule has 1 atom stereocenters. The number of benzene rings is 2. The summed E-state index contributed by atoms with van der Waals surface area (Å²) in [6.07, 6.45) is 0. The SMILES string of the molecule is Cc1c(C(=O)N2CSCC2C(=O)Nc2ccc(C#N)cc2)oc2ccc(Cl)cc12. The second-order valence-electron chi connectivity index (χ2n) is 6.67. The maximum atomic E-state index is 13.1. The Bertz CT molecular complexity index is 1150. The monoisotopic (exact) mass is 425 g/mol. The van der Waals surface area contributed by atoms with Gasteiger partial charge < -0.3 is 14.6 Å². The number of nitrogens with one attached hydrogen (secondary N) is 1. The molecule has 3 aromatic rings. The van der Waals surface area contributed by atoms with Gasteiger partial charge in [0, 0.05) is 27.4 Å². The predicted molar refractivity (Wildman–Crippen MR) is 113 cm³/mol. The number of carbonyl (C=O) groups excluding carboxylic acids is 2. The maximum absolute atomic E-state index is 13.1. The van der Waals surface area contributed by atoms with Crippen LogP contribution in [-0.4, -0.2) is 34.4 Å². The van der Waals surface area contributed by atoms with Gasteiger partial charge in [0.25, 0.3) is 5.91 Å². The molecule has 29 heavy (non-hydrogen) atoms. The fourth-order valence-corrected chi connectivity index (χ4v) is 4.57. The summed E-state index contributed by atoms with van der Waals surface area (Å²) in [6, 6.07) is 13.2. The number of thioether (sulfide) groups is 1. The fraction of sp³-hybridized carbons (Fsp3) is 0.190. The molecule has 4 rings (SSSR count). The average molecular weight is 426 g/mol. The van der Waals surface area contributed by atoms with Crippen molar-refractivity contribution in [1.82, 2.24) is 4.90 Å². The van der Waals surface area contributed by atoms with Gasteiger partial charge in [-0.3, -0.25) is 9.59 Å². The molecule has 1 N–H and O–H groups in total. The van der Waals surface area contributed by atoms with Gasteiger partial charge in [-0.25, -0.2) is 0 Å². The molecule has 6 nitrogen and oxygen atoms in total. The molecule has 1 aliphatic rings. The van der Waals surface area contributed by atoms with Crippen LogP contribution in [-0.2, 0) is 4.79 Å². The van der Waals surface area contributed by atoms with Gasteiger partial charge in [-0.1, -0.05) is 11.6 Å². The average Bonchev–Trinajstić information content (AvgIpc) is 3.34. The molecule has 2 amide bonds. The quantitative estimate of drug-likeness (QED) is 0.671. The van der Waals surface area contributed by atoms with E-state index in [1.807, 2.05) is 13.0 Å². The van der Waals surface area contributed by atoms with E-state index in [1.165, 1.54) is 16.7 Å². The lowest BCUT2D eigenvalue weighted by Gasteiger charge is -2.22. The zero-order valence-electron chi connectivity index (χ0n) is 15.4. The number of halogens is 1. The number of rotatable bonds is 3. The van der Waals surface area contributed by atoms with E-state index in [-0.39, 0.29) is 17.6 Å². The lowest BCUT2D eigenvalue weighted by atomic mass is 10.1. The third-order valence-corrected chi connectivity index (χ3v) is 6.07. The third kappa shape index (κ3) is 3.69. The number of hydrogen-bond acceptors (Lipinski definition) is 5. The van der Waals surface area contributed by atoms with Crippen LogP contribution in [0.1, 0.15) is 21.7 Å². The van der Waals surface area contributed by atoms with E-state index >= 15 is 0 Å². The molecule has 1 aliphatic heterocycles. The Morgan fingerprint density at radius 3 is 2.76 bits per heavy atom. The molecular weight excluding hydrogens is 410 g/mol. The molecule has 0 saturated carbocycles. The fourth-order valence-electron chi connectivity index (χ4n) is 3.24. The Balaban J connectivity index is 1.56. The van der Waals surface area contributed by atoms with Gasteiger partial charge in [0.1, 0.15) is 11.6 Å². The maximum Gasteiger partial charge on any atom is 0.291 e. The molecule has 1 fully saturated rings. The summed E-state index contributed by atoms with van der Waals surface area (Å²) in [6.45, 7) is 1.81. The van der Waals surface area contributed by atoms with E-state index in [0.29, 0.717) is 39.0 Å². The highest BCUT2D eigenvalue weighted by atomic mass is 35.5. The summed E-state index contributed by atoms with van der Waals surface area (Å²) in [5, 5.41) is 13.0. The Hall–Kier alpha value is -2.95. The second-order valence-corrected chi connectivity index (χ2v) is 8.10. The molecule has 8 heteroatoms. The molecule has 0 aliphatic carbocycles. The van der Waals surface area contributed by atoms with Gasteiger partial charge in [-0.2, -0.15) is 5.26 Å². The van der Waals surface area contributed by atoms with Gasteiger partial charge in [-0.05, 0) is 49.4 Å². The lowest BCUT2D eigenvalue weighted by Crippen LogP contribution is -2.44. The smallest absolute Gasteiger partial charge is 0.291 e. The van der Waals surface area contributed by atoms with Crippen molar-refractivity contribution in [2.45, 2.75) is 13.0 Å². The van der Waals surface area contributed by atoms with Crippen LogP contribution in [0.25, 0.3) is 11.0 Å². The number of furan rings is 1. The molecule has 1 aromatic heterocycles. The van der Waals surface area contributed by atoms with Crippen LogP contribution in [0.3, 0.4) is 0 Å². The van der Waals surface area contributed by atoms with Crippen LogP contribution < -0.4 is 5.32 Å². The number of hydrogen-bond donors (Lipinski definition) is 1.